The zero-order chi connectivity index (χ0) is 19.0. The van der Waals surface area contributed by atoms with Gasteiger partial charge in [0.05, 0.1) is 22.5 Å². The van der Waals surface area contributed by atoms with E-state index in [0.717, 1.165) is 17.0 Å². The summed E-state index contributed by atoms with van der Waals surface area (Å²) in [5.41, 5.74) is 5.00. The van der Waals surface area contributed by atoms with Crippen LogP contribution in [0.5, 0.6) is 0 Å². The van der Waals surface area contributed by atoms with E-state index in [1.807, 2.05) is 32.5 Å². The highest BCUT2D eigenvalue weighted by atomic mass is 19.1. The lowest BCUT2D eigenvalue weighted by Gasteiger charge is -2.15. The number of fused-ring (bicyclic) bond motifs is 1. The van der Waals surface area contributed by atoms with E-state index in [1.54, 1.807) is 19.1 Å². The van der Waals surface area contributed by atoms with Gasteiger partial charge >= 0.3 is 0 Å². The molecule has 0 unspecified atom stereocenters. The van der Waals surface area contributed by atoms with Crippen LogP contribution in [0.3, 0.4) is 0 Å². The summed E-state index contributed by atoms with van der Waals surface area (Å²) in [5.74, 6) is -0.543. The summed E-state index contributed by atoms with van der Waals surface area (Å²) in [5, 5.41) is 8.05. The molecule has 0 aliphatic heterocycles. The second-order valence-electron chi connectivity index (χ2n) is 6.81. The SMILES string of the molecule is Cc1nc2ccc(F)cc2cc1C(=O)N[C@H](C)Cc1c(C)nn(C)c1C. The zero-order valence-electron chi connectivity index (χ0n) is 15.7. The van der Waals surface area contributed by atoms with Crippen molar-refractivity contribution in [3.8, 4) is 0 Å². The van der Waals surface area contributed by atoms with Gasteiger partial charge in [0.1, 0.15) is 5.82 Å². The van der Waals surface area contributed by atoms with Crippen molar-refractivity contribution in [3.63, 3.8) is 0 Å². The van der Waals surface area contributed by atoms with Crippen LogP contribution in [0.2, 0.25) is 0 Å². The van der Waals surface area contributed by atoms with Crippen molar-refractivity contribution in [2.24, 2.45) is 7.05 Å². The molecule has 0 spiro atoms. The normalized spacial score (nSPS) is 12.4. The number of amides is 1. The Bertz CT molecular complexity index is 993. The molecule has 0 aliphatic carbocycles. The number of nitrogens with one attached hydrogen (secondary N) is 1. The minimum Gasteiger partial charge on any atom is -0.349 e. The maximum absolute atomic E-state index is 13.5. The number of nitrogens with zero attached hydrogens (tertiary/aromatic N) is 3. The number of hydrogen-bond donors (Lipinski definition) is 1. The molecule has 3 aromatic rings. The van der Waals surface area contributed by atoms with Crippen LogP contribution in [0.15, 0.2) is 24.3 Å². The fraction of sp³-hybridized carbons (Fsp3) is 0.350. The van der Waals surface area contributed by atoms with Crippen LogP contribution in [0.1, 0.15) is 39.9 Å². The quantitative estimate of drug-likeness (QED) is 0.781. The first-order valence-corrected chi connectivity index (χ1v) is 8.63. The van der Waals surface area contributed by atoms with Gasteiger partial charge < -0.3 is 5.32 Å². The number of halogens is 1. The number of aromatic nitrogens is 3. The van der Waals surface area contributed by atoms with E-state index in [4.69, 9.17) is 0 Å². The van der Waals surface area contributed by atoms with E-state index < -0.39 is 0 Å². The third kappa shape index (κ3) is 3.45. The third-order valence-electron chi connectivity index (χ3n) is 4.76. The van der Waals surface area contributed by atoms with E-state index in [-0.39, 0.29) is 17.8 Å². The Kier molecular flexibility index (Phi) is 4.76. The van der Waals surface area contributed by atoms with Gasteiger partial charge in [-0.15, -0.1) is 0 Å². The minimum atomic E-state index is -0.342. The van der Waals surface area contributed by atoms with Crippen molar-refractivity contribution in [2.45, 2.75) is 40.2 Å². The number of carbonyl (C=O) groups is 1. The summed E-state index contributed by atoms with van der Waals surface area (Å²) >= 11 is 0. The highest BCUT2D eigenvalue weighted by molar-refractivity contribution is 5.98. The molecule has 1 amide bonds. The predicted molar refractivity (Wildman–Crippen MR) is 99.8 cm³/mol. The number of benzene rings is 1. The summed E-state index contributed by atoms with van der Waals surface area (Å²) in [6.45, 7) is 7.75. The first-order chi connectivity index (χ1) is 12.3. The van der Waals surface area contributed by atoms with Crippen molar-refractivity contribution < 1.29 is 9.18 Å². The van der Waals surface area contributed by atoms with Crippen molar-refractivity contribution in [1.82, 2.24) is 20.1 Å². The largest absolute Gasteiger partial charge is 0.349 e. The number of pyridine rings is 1. The zero-order valence-corrected chi connectivity index (χ0v) is 15.7. The summed E-state index contributed by atoms with van der Waals surface area (Å²) in [7, 11) is 1.92. The molecule has 0 bridgehead atoms. The van der Waals surface area contributed by atoms with Gasteiger partial charge in [-0.05, 0) is 63.9 Å². The van der Waals surface area contributed by atoms with Crippen LogP contribution in [-0.2, 0) is 13.5 Å². The van der Waals surface area contributed by atoms with Gasteiger partial charge in [-0.1, -0.05) is 0 Å². The second kappa shape index (κ2) is 6.86. The van der Waals surface area contributed by atoms with Crippen molar-refractivity contribution in [1.29, 1.82) is 0 Å². The Morgan fingerprint density at radius 3 is 2.62 bits per heavy atom. The van der Waals surface area contributed by atoms with E-state index >= 15 is 0 Å². The van der Waals surface area contributed by atoms with Crippen LogP contribution >= 0.6 is 0 Å². The number of aryl methyl sites for hydroxylation is 3. The predicted octanol–water partition coefficient (Wildman–Crippen LogP) is 3.39. The molecule has 0 aliphatic rings. The smallest absolute Gasteiger partial charge is 0.253 e. The maximum atomic E-state index is 13.5. The van der Waals surface area contributed by atoms with E-state index in [1.165, 1.54) is 12.1 Å². The fourth-order valence-electron chi connectivity index (χ4n) is 3.25. The topological polar surface area (TPSA) is 59.8 Å². The Morgan fingerprint density at radius 1 is 1.23 bits per heavy atom. The highest BCUT2D eigenvalue weighted by Crippen LogP contribution is 2.19. The second-order valence-corrected chi connectivity index (χ2v) is 6.81. The van der Waals surface area contributed by atoms with Gasteiger partial charge in [-0.3, -0.25) is 14.5 Å². The Morgan fingerprint density at radius 2 is 1.96 bits per heavy atom. The third-order valence-corrected chi connectivity index (χ3v) is 4.76. The molecule has 0 saturated heterocycles. The molecule has 2 aromatic heterocycles. The van der Waals surface area contributed by atoms with Gasteiger partial charge in [0.15, 0.2) is 0 Å². The molecule has 0 saturated carbocycles. The lowest BCUT2D eigenvalue weighted by atomic mass is 10.0. The molecule has 136 valence electrons. The van der Waals surface area contributed by atoms with E-state index in [9.17, 15) is 9.18 Å². The average Bonchev–Trinajstić information content (AvgIpc) is 2.80. The molecule has 0 fully saturated rings. The molecular weight excluding hydrogens is 331 g/mol. The molecule has 6 heteroatoms. The Hall–Kier alpha value is -2.76. The van der Waals surface area contributed by atoms with Gasteiger partial charge in [-0.2, -0.15) is 5.10 Å². The molecule has 1 aromatic carbocycles. The first-order valence-electron chi connectivity index (χ1n) is 8.63. The molecule has 5 nitrogen and oxygen atoms in total. The molecule has 26 heavy (non-hydrogen) atoms. The molecule has 3 rings (SSSR count). The van der Waals surface area contributed by atoms with E-state index in [2.05, 4.69) is 15.4 Å². The molecular formula is C20H23FN4O. The average molecular weight is 354 g/mol. The number of hydrogen-bond acceptors (Lipinski definition) is 3. The monoisotopic (exact) mass is 354 g/mol. The summed E-state index contributed by atoms with van der Waals surface area (Å²) in [6.07, 6.45) is 0.700. The molecule has 2 heterocycles. The lowest BCUT2D eigenvalue weighted by Crippen LogP contribution is -2.34. The van der Waals surface area contributed by atoms with Crippen LogP contribution in [-0.4, -0.2) is 26.7 Å². The van der Waals surface area contributed by atoms with Crippen molar-refractivity contribution in [3.05, 3.63) is 58.3 Å². The van der Waals surface area contributed by atoms with Gasteiger partial charge in [0, 0.05) is 24.2 Å². The molecule has 1 atom stereocenters. The minimum absolute atomic E-state index is 0.0632. The number of rotatable bonds is 4. The van der Waals surface area contributed by atoms with Crippen LogP contribution < -0.4 is 5.32 Å². The van der Waals surface area contributed by atoms with Gasteiger partial charge in [0.2, 0.25) is 0 Å². The van der Waals surface area contributed by atoms with Crippen molar-refractivity contribution >= 4 is 16.8 Å². The summed E-state index contributed by atoms with van der Waals surface area (Å²) in [6, 6.07) is 6.02. The summed E-state index contributed by atoms with van der Waals surface area (Å²) in [4.78, 5) is 17.1. The van der Waals surface area contributed by atoms with Crippen LogP contribution in [0.25, 0.3) is 10.9 Å². The first kappa shape index (κ1) is 18.0. The maximum Gasteiger partial charge on any atom is 0.253 e. The number of carbonyl (C=O) groups excluding carboxylic acids is 1. The molecule has 1 N–H and O–H groups in total. The van der Waals surface area contributed by atoms with Crippen molar-refractivity contribution in [2.75, 3.05) is 0 Å². The lowest BCUT2D eigenvalue weighted by molar-refractivity contribution is 0.0939. The van der Waals surface area contributed by atoms with Crippen LogP contribution in [0, 0.1) is 26.6 Å². The van der Waals surface area contributed by atoms with Gasteiger partial charge in [-0.25, -0.2) is 4.39 Å². The van der Waals surface area contributed by atoms with Crippen LogP contribution in [0.4, 0.5) is 4.39 Å². The fourth-order valence-corrected chi connectivity index (χ4v) is 3.25. The van der Waals surface area contributed by atoms with E-state index in [0.29, 0.717) is 28.6 Å². The Labute approximate surface area is 152 Å². The highest BCUT2D eigenvalue weighted by Gasteiger charge is 2.17. The summed E-state index contributed by atoms with van der Waals surface area (Å²) < 4.78 is 15.3. The standard InChI is InChI=1S/C20H23FN4O/c1-11(8-17-13(3)24-25(5)14(17)4)22-20(26)18-10-15-9-16(21)6-7-19(15)23-12(18)2/h6-7,9-11H,8H2,1-5H3,(H,22,26)/t11-/m1/s1. The molecule has 0 radical (unpaired) electrons. The Balaban J connectivity index is 1.81. The van der Waals surface area contributed by atoms with Gasteiger partial charge in [0.25, 0.3) is 5.91 Å².